The number of aromatic nitrogens is 1. The van der Waals surface area contributed by atoms with Crippen molar-refractivity contribution in [3.8, 4) is 0 Å². The summed E-state index contributed by atoms with van der Waals surface area (Å²) in [6.45, 7) is 3.66. The lowest BCUT2D eigenvalue weighted by Crippen LogP contribution is -2.34. The van der Waals surface area contributed by atoms with Crippen LogP contribution in [0.5, 0.6) is 0 Å². The van der Waals surface area contributed by atoms with Crippen LogP contribution in [0.4, 0.5) is 5.69 Å². The quantitative estimate of drug-likeness (QED) is 0.399. The number of nitrogens with one attached hydrogen (secondary N) is 2. The predicted molar refractivity (Wildman–Crippen MR) is 122 cm³/mol. The van der Waals surface area contributed by atoms with Gasteiger partial charge in [-0.2, -0.15) is 0 Å². The van der Waals surface area contributed by atoms with Gasteiger partial charge in [-0.25, -0.2) is 0 Å². The van der Waals surface area contributed by atoms with E-state index in [9.17, 15) is 14.9 Å². The molecule has 1 aliphatic heterocycles. The van der Waals surface area contributed by atoms with E-state index in [0.717, 1.165) is 41.7 Å². The van der Waals surface area contributed by atoms with E-state index >= 15 is 0 Å². The normalized spacial score (nSPS) is 15.3. The number of non-ortho nitro benzene ring substituents is 1. The topological polar surface area (TPSA) is 91.3 Å². The first-order valence-corrected chi connectivity index (χ1v) is 10.9. The second-order valence-electron chi connectivity index (χ2n) is 7.94. The molecule has 1 atom stereocenters. The lowest BCUT2D eigenvalue weighted by atomic mass is 9.88. The number of carbonyl (C=O) groups is 1. The molecule has 4 rings (SSSR count). The molecule has 1 fully saturated rings. The number of likely N-dealkylation sites (tertiary alicyclic amines) is 1. The van der Waals surface area contributed by atoms with E-state index in [2.05, 4.69) is 15.2 Å². The summed E-state index contributed by atoms with van der Waals surface area (Å²) in [5, 5.41) is 15.7. The molecule has 162 valence electrons. The van der Waals surface area contributed by atoms with Gasteiger partial charge in [0, 0.05) is 59.7 Å². The van der Waals surface area contributed by atoms with Gasteiger partial charge < -0.3 is 15.2 Å². The highest BCUT2D eigenvalue weighted by atomic mass is 35.5. The first-order chi connectivity index (χ1) is 15.0. The third kappa shape index (κ3) is 5.06. The number of amides is 1. The predicted octanol–water partition coefficient (Wildman–Crippen LogP) is 4.46. The number of fused-ring (bicyclic) bond motifs is 1. The van der Waals surface area contributed by atoms with Crippen LogP contribution < -0.4 is 5.32 Å². The molecule has 7 nitrogen and oxygen atoms in total. The Morgan fingerprint density at radius 1 is 1.19 bits per heavy atom. The fourth-order valence-corrected chi connectivity index (χ4v) is 4.38. The summed E-state index contributed by atoms with van der Waals surface area (Å²) >= 11 is 6.06. The monoisotopic (exact) mass is 440 g/mol. The molecule has 0 bridgehead atoms. The van der Waals surface area contributed by atoms with Gasteiger partial charge >= 0.3 is 0 Å². The molecule has 1 saturated heterocycles. The van der Waals surface area contributed by atoms with Crippen molar-refractivity contribution in [2.75, 3.05) is 26.2 Å². The second-order valence-corrected chi connectivity index (χ2v) is 8.37. The summed E-state index contributed by atoms with van der Waals surface area (Å²) < 4.78 is 0. The summed E-state index contributed by atoms with van der Waals surface area (Å²) in [7, 11) is 0. The zero-order chi connectivity index (χ0) is 21.8. The van der Waals surface area contributed by atoms with Crippen LogP contribution in [-0.4, -0.2) is 46.9 Å². The third-order valence-corrected chi connectivity index (χ3v) is 6.15. The van der Waals surface area contributed by atoms with E-state index in [4.69, 9.17) is 11.6 Å². The maximum atomic E-state index is 12.8. The molecule has 0 aliphatic carbocycles. The van der Waals surface area contributed by atoms with Gasteiger partial charge in [0.05, 0.1) is 4.92 Å². The minimum absolute atomic E-state index is 0.0262. The van der Waals surface area contributed by atoms with Crippen LogP contribution in [0, 0.1) is 10.1 Å². The van der Waals surface area contributed by atoms with E-state index in [1.807, 2.05) is 18.3 Å². The average Bonchev–Trinajstić information content (AvgIpc) is 3.42. The zero-order valence-electron chi connectivity index (χ0n) is 17.1. The molecular formula is C23H25ClN4O3. The van der Waals surface area contributed by atoms with E-state index < -0.39 is 4.92 Å². The average molecular weight is 441 g/mol. The van der Waals surface area contributed by atoms with Crippen molar-refractivity contribution in [3.63, 3.8) is 0 Å². The maximum Gasteiger partial charge on any atom is 0.270 e. The number of nitro benzene ring substituents is 1. The minimum atomic E-state index is -0.404. The molecule has 1 unspecified atom stereocenters. The van der Waals surface area contributed by atoms with Crippen LogP contribution in [0.15, 0.2) is 48.7 Å². The van der Waals surface area contributed by atoms with Crippen LogP contribution in [-0.2, 0) is 4.79 Å². The summed E-state index contributed by atoms with van der Waals surface area (Å²) in [6.07, 6.45) is 4.53. The van der Waals surface area contributed by atoms with Gasteiger partial charge in [0.15, 0.2) is 0 Å². The number of aromatic amines is 1. The Labute approximate surface area is 185 Å². The molecule has 31 heavy (non-hydrogen) atoms. The fourth-order valence-electron chi connectivity index (χ4n) is 4.25. The molecule has 0 saturated carbocycles. The van der Waals surface area contributed by atoms with Gasteiger partial charge in [-0.15, -0.1) is 0 Å². The first kappa shape index (κ1) is 21.3. The van der Waals surface area contributed by atoms with Crippen LogP contribution in [0.3, 0.4) is 0 Å². The summed E-state index contributed by atoms with van der Waals surface area (Å²) in [5.41, 5.74) is 2.62. The van der Waals surface area contributed by atoms with Crippen molar-refractivity contribution < 1.29 is 9.72 Å². The molecule has 1 amide bonds. The molecule has 2 heterocycles. The van der Waals surface area contributed by atoms with E-state index in [-0.39, 0.29) is 23.9 Å². The van der Waals surface area contributed by atoms with E-state index in [1.54, 1.807) is 24.3 Å². The Balaban J connectivity index is 1.58. The van der Waals surface area contributed by atoms with Gasteiger partial charge in [0.1, 0.15) is 0 Å². The molecule has 2 aromatic carbocycles. The van der Waals surface area contributed by atoms with Crippen molar-refractivity contribution in [1.29, 1.82) is 0 Å². The molecule has 8 heteroatoms. The smallest absolute Gasteiger partial charge is 0.270 e. The number of H-pyrrole nitrogens is 1. The molecule has 0 radical (unpaired) electrons. The van der Waals surface area contributed by atoms with Gasteiger partial charge in [0.2, 0.25) is 5.91 Å². The fraction of sp³-hybridized carbons (Fsp3) is 0.348. The molecule has 3 aromatic rings. The summed E-state index contributed by atoms with van der Waals surface area (Å²) in [4.78, 5) is 29.2. The third-order valence-electron chi connectivity index (χ3n) is 5.89. The highest BCUT2D eigenvalue weighted by molar-refractivity contribution is 6.30. The lowest BCUT2D eigenvalue weighted by Gasteiger charge is -2.19. The van der Waals surface area contributed by atoms with Gasteiger partial charge in [0.25, 0.3) is 5.69 Å². The van der Waals surface area contributed by atoms with E-state index in [1.165, 1.54) is 18.9 Å². The lowest BCUT2D eigenvalue weighted by molar-refractivity contribution is -0.384. The number of rotatable bonds is 8. The second kappa shape index (κ2) is 9.49. The number of hydrogen-bond acceptors (Lipinski definition) is 4. The number of nitrogens with zero attached hydrogens (tertiary/aromatic N) is 2. The van der Waals surface area contributed by atoms with Crippen molar-refractivity contribution in [2.45, 2.75) is 25.2 Å². The largest absolute Gasteiger partial charge is 0.361 e. The number of halogens is 1. The van der Waals surface area contributed by atoms with Crippen LogP contribution in [0.1, 0.15) is 36.3 Å². The highest BCUT2D eigenvalue weighted by Crippen LogP contribution is 2.35. The molecule has 1 aliphatic rings. The first-order valence-electron chi connectivity index (χ1n) is 10.5. The number of carbonyl (C=O) groups excluding carboxylic acids is 1. The van der Waals surface area contributed by atoms with Gasteiger partial charge in [-0.1, -0.05) is 23.7 Å². The highest BCUT2D eigenvalue weighted by Gasteiger charge is 2.23. The van der Waals surface area contributed by atoms with Crippen LogP contribution in [0.25, 0.3) is 10.9 Å². The van der Waals surface area contributed by atoms with Crippen molar-refractivity contribution in [1.82, 2.24) is 15.2 Å². The van der Waals surface area contributed by atoms with Crippen molar-refractivity contribution in [2.24, 2.45) is 0 Å². The van der Waals surface area contributed by atoms with Crippen molar-refractivity contribution in [3.05, 3.63) is 74.9 Å². The van der Waals surface area contributed by atoms with Gasteiger partial charge in [-0.3, -0.25) is 14.9 Å². The zero-order valence-corrected chi connectivity index (χ0v) is 17.9. The number of nitro groups is 1. The Morgan fingerprint density at radius 3 is 2.65 bits per heavy atom. The SMILES string of the molecule is O=C(CC(c1ccc(Cl)cc1)c1c[nH]c2ccc([N+](=O)[O-])cc12)NCCN1CCCC1. The van der Waals surface area contributed by atoms with Gasteiger partial charge in [-0.05, 0) is 55.3 Å². The Morgan fingerprint density at radius 2 is 1.94 bits per heavy atom. The Kier molecular flexibility index (Phi) is 6.53. The molecule has 0 spiro atoms. The van der Waals surface area contributed by atoms with Crippen LogP contribution >= 0.6 is 11.6 Å². The Hall–Kier alpha value is -2.90. The summed E-state index contributed by atoms with van der Waals surface area (Å²) in [6, 6.07) is 12.1. The molecule has 1 aromatic heterocycles. The van der Waals surface area contributed by atoms with E-state index in [0.29, 0.717) is 11.6 Å². The number of benzene rings is 2. The van der Waals surface area contributed by atoms with Crippen molar-refractivity contribution >= 4 is 34.1 Å². The maximum absolute atomic E-state index is 12.8. The minimum Gasteiger partial charge on any atom is -0.361 e. The molecule has 2 N–H and O–H groups in total. The standard InChI is InChI=1S/C23H25ClN4O3/c24-17-5-3-16(4-6-17)19(14-23(29)25-9-12-27-10-1-2-11-27)21-15-26-22-8-7-18(28(30)31)13-20(21)22/h3-8,13,15,19,26H,1-2,9-12,14H2,(H,25,29). The Bertz CT molecular complexity index is 1070. The number of hydrogen-bond donors (Lipinski definition) is 2. The molecular weight excluding hydrogens is 416 g/mol. The summed E-state index contributed by atoms with van der Waals surface area (Å²) in [5.74, 6) is -0.293. The van der Waals surface area contributed by atoms with Crippen LogP contribution in [0.2, 0.25) is 5.02 Å².